The fourth-order valence-electron chi connectivity index (χ4n) is 2.25. The van der Waals surface area contributed by atoms with Gasteiger partial charge in [0.05, 0.1) is 11.6 Å². The maximum Gasteiger partial charge on any atom is 0.323 e. The van der Waals surface area contributed by atoms with E-state index in [2.05, 4.69) is 20.1 Å². The second-order valence-electron chi connectivity index (χ2n) is 5.85. The van der Waals surface area contributed by atoms with Gasteiger partial charge in [0.25, 0.3) is 7.44 Å². The Kier molecular flexibility index (Phi) is 6.47. The highest BCUT2D eigenvalue weighted by Gasteiger charge is 2.29. The second kappa shape index (κ2) is 8.38. The predicted octanol–water partition coefficient (Wildman–Crippen LogP) is 2.77. The average Bonchev–Trinajstić information content (AvgIpc) is 2.54. The number of nitrogens with one attached hydrogen (secondary N) is 2. The fraction of sp³-hybridized carbons (Fsp3) is 0.438. The lowest BCUT2D eigenvalue weighted by molar-refractivity contribution is -0.148. The highest BCUT2D eigenvalue weighted by Crippen LogP contribution is 2.42. The summed E-state index contributed by atoms with van der Waals surface area (Å²) in [6.45, 7) is 5.10. The van der Waals surface area contributed by atoms with Gasteiger partial charge in [-0.25, -0.2) is 15.1 Å². The largest absolute Gasteiger partial charge is 0.462 e. The first kappa shape index (κ1) is 19.3. The van der Waals surface area contributed by atoms with Gasteiger partial charge in [-0.05, 0) is 32.9 Å². The van der Waals surface area contributed by atoms with Gasteiger partial charge < -0.3 is 14.6 Å². The molecular formula is C16H23N4O4P. The standard InChI is InChI=1S/C16H23N4O4P/c1-11(2)24-16(21)12(3)19-25(22,10-23-4)20-15-13-7-5-6-8-14(13)17-9-18-15/h5-9,11-12H,10H2,1-4H3,(H2,17,18,19,20,22)/t12-,25?/m0/s1. The van der Waals surface area contributed by atoms with Crippen LogP contribution in [0.25, 0.3) is 10.9 Å². The SMILES string of the molecule is COCP(=O)(Nc1ncnc2ccccc12)N[C@@H](C)C(=O)OC(C)C. The van der Waals surface area contributed by atoms with E-state index in [9.17, 15) is 9.36 Å². The zero-order valence-corrected chi connectivity index (χ0v) is 15.6. The van der Waals surface area contributed by atoms with Crippen LogP contribution in [0.3, 0.4) is 0 Å². The van der Waals surface area contributed by atoms with Gasteiger partial charge in [0.2, 0.25) is 0 Å². The van der Waals surface area contributed by atoms with Gasteiger partial charge >= 0.3 is 5.97 Å². The zero-order chi connectivity index (χ0) is 18.4. The first-order valence-electron chi connectivity index (χ1n) is 7.89. The van der Waals surface area contributed by atoms with E-state index in [1.54, 1.807) is 20.8 Å². The van der Waals surface area contributed by atoms with Crippen LogP contribution in [0.2, 0.25) is 0 Å². The van der Waals surface area contributed by atoms with Gasteiger partial charge in [-0.1, -0.05) is 12.1 Å². The van der Waals surface area contributed by atoms with E-state index >= 15 is 0 Å². The molecule has 2 aromatic rings. The van der Waals surface area contributed by atoms with E-state index in [0.29, 0.717) is 5.82 Å². The lowest BCUT2D eigenvalue weighted by atomic mass is 10.2. The van der Waals surface area contributed by atoms with Gasteiger partial charge in [-0.15, -0.1) is 0 Å². The molecule has 2 rings (SSSR count). The Morgan fingerprint density at radius 3 is 2.64 bits per heavy atom. The van der Waals surface area contributed by atoms with Crippen LogP contribution in [0.1, 0.15) is 20.8 Å². The third kappa shape index (κ3) is 5.22. The number of hydrogen-bond acceptors (Lipinski definition) is 6. The maximum atomic E-state index is 13.2. The number of anilines is 1. The molecule has 0 amide bonds. The van der Waals surface area contributed by atoms with Crippen molar-refractivity contribution in [2.24, 2.45) is 0 Å². The Labute approximate surface area is 146 Å². The van der Waals surface area contributed by atoms with E-state index in [4.69, 9.17) is 9.47 Å². The van der Waals surface area contributed by atoms with Crippen LogP contribution < -0.4 is 10.2 Å². The summed E-state index contributed by atoms with van der Waals surface area (Å²) in [5.74, 6) is -0.0800. The molecule has 0 aliphatic rings. The number of carbonyl (C=O) groups excluding carboxylic acids is 1. The lowest BCUT2D eigenvalue weighted by Gasteiger charge is -2.24. The molecule has 1 aromatic carbocycles. The first-order chi connectivity index (χ1) is 11.8. The van der Waals surface area contributed by atoms with Gasteiger partial charge in [0, 0.05) is 12.5 Å². The van der Waals surface area contributed by atoms with Crippen LogP contribution in [0, 0.1) is 0 Å². The van der Waals surface area contributed by atoms with Gasteiger partial charge in [-0.2, -0.15) is 0 Å². The normalized spacial score (nSPS) is 14.9. The van der Waals surface area contributed by atoms with Crippen LogP contribution in [0.15, 0.2) is 30.6 Å². The third-order valence-electron chi connectivity index (χ3n) is 3.25. The summed E-state index contributed by atoms with van der Waals surface area (Å²) in [7, 11) is -1.88. The second-order valence-corrected chi connectivity index (χ2v) is 8.06. The molecule has 0 radical (unpaired) electrons. The molecule has 2 atom stereocenters. The molecule has 0 spiro atoms. The van der Waals surface area contributed by atoms with Crippen molar-refractivity contribution in [1.82, 2.24) is 15.1 Å². The Bertz CT molecular complexity index is 778. The number of para-hydroxylation sites is 1. The molecule has 8 nitrogen and oxygen atoms in total. The van der Waals surface area contributed by atoms with Crippen LogP contribution in [-0.2, 0) is 18.8 Å². The number of aromatic nitrogens is 2. The summed E-state index contributed by atoms with van der Waals surface area (Å²) in [5.41, 5.74) is 0.719. The van der Waals surface area contributed by atoms with Crippen molar-refractivity contribution in [2.45, 2.75) is 32.9 Å². The molecule has 1 unspecified atom stereocenters. The lowest BCUT2D eigenvalue weighted by Crippen LogP contribution is -2.37. The number of hydrogen-bond donors (Lipinski definition) is 2. The summed E-state index contributed by atoms with van der Waals surface area (Å²) >= 11 is 0. The maximum absolute atomic E-state index is 13.2. The number of carbonyl (C=O) groups is 1. The predicted molar refractivity (Wildman–Crippen MR) is 96.5 cm³/mol. The molecule has 1 heterocycles. The van der Waals surface area contributed by atoms with E-state index in [1.807, 2.05) is 24.3 Å². The van der Waals surface area contributed by atoms with Crippen molar-refractivity contribution in [3.05, 3.63) is 30.6 Å². The monoisotopic (exact) mass is 366 g/mol. The number of ether oxygens (including phenoxy) is 2. The fourth-order valence-corrected chi connectivity index (χ4v) is 4.07. The summed E-state index contributed by atoms with van der Waals surface area (Å²) in [6.07, 6.45) is 1.01. The highest BCUT2D eigenvalue weighted by molar-refractivity contribution is 7.63. The Morgan fingerprint density at radius 1 is 1.24 bits per heavy atom. The molecular weight excluding hydrogens is 343 g/mol. The molecule has 136 valence electrons. The highest BCUT2D eigenvalue weighted by atomic mass is 31.2. The van der Waals surface area contributed by atoms with E-state index in [0.717, 1.165) is 10.9 Å². The van der Waals surface area contributed by atoms with Gasteiger partial charge in [-0.3, -0.25) is 9.36 Å². The molecule has 0 aliphatic carbocycles. The molecule has 1 aromatic heterocycles. The minimum Gasteiger partial charge on any atom is -0.462 e. The topological polar surface area (TPSA) is 102 Å². The van der Waals surface area contributed by atoms with Crippen molar-refractivity contribution in [3.8, 4) is 0 Å². The number of esters is 1. The molecule has 0 saturated carbocycles. The Balaban J connectivity index is 2.24. The van der Waals surface area contributed by atoms with E-state index in [1.165, 1.54) is 13.4 Å². The third-order valence-corrected chi connectivity index (χ3v) is 5.25. The molecule has 0 bridgehead atoms. The number of benzene rings is 1. The number of methoxy groups -OCH3 is 1. The summed E-state index contributed by atoms with van der Waals surface area (Å²) in [6, 6.07) is 6.58. The minimum absolute atomic E-state index is 0.120. The Morgan fingerprint density at radius 2 is 1.96 bits per heavy atom. The van der Waals surface area contributed by atoms with Crippen LogP contribution >= 0.6 is 7.44 Å². The van der Waals surface area contributed by atoms with Crippen molar-refractivity contribution in [2.75, 3.05) is 18.5 Å². The molecule has 0 aliphatic heterocycles. The van der Waals surface area contributed by atoms with Crippen LogP contribution in [0.5, 0.6) is 0 Å². The average molecular weight is 366 g/mol. The summed E-state index contributed by atoms with van der Waals surface area (Å²) in [5, 5.41) is 6.42. The molecule has 25 heavy (non-hydrogen) atoms. The van der Waals surface area contributed by atoms with Crippen molar-refractivity contribution < 1.29 is 18.8 Å². The Hall–Kier alpha value is -2.02. The number of rotatable bonds is 8. The van der Waals surface area contributed by atoms with Crippen molar-refractivity contribution in [3.63, 3.8) is 0 Å². The first-order valence-corrected chi connectivity index (χ1v) is 9.78. The number of nitrogens with zero attached hydrogens (tertiary/aromatic N) is 2. The molecule has 2 N–H and O–H groups in total. The number of fused-ring (bicyclic) bond motifs is 1. The van der Waals surface area contributed by atoms with Crippen molar-refractivity contribution in [1.29, 1.82) is 0 Å². The van der Waals surface area contributed by atoms with Crippen molar-refractivity contribution >= 4 is 30.1 Å². The summed E-state index contributed by atoms with van der Waals surface area (Å²) in [4.78, 5) is 20.3. The van der Waals surface area contributed by atoms with E-state index in [-0.39, 0.29) is 12.5 Å². The minimum atomic E-state index is -3.31. The molecule has 0 saturated heterocycles. The van der Waals surface area contributed by atoms with Crippen LogP contribution in [0.4, 0.5) is 5.82 Å². The molecule has 9 heteroatoms. The van der Waals surface area contributed by atoms with E-state index < -0.39 is 19.5 Å². The zero-order valence-electron chi connectivity index (χ0n) is 14.7. The van der Waals surface area contributed by atoms with Gasteiger partial charge in [0.15, 0.2) is 0 Å². The smallest absolute Gasteiger partial charge is 0.323 e. The molecule has 0 fully saturated rings. The van der Waals surface area contributed by atoms with Gasteiger partial charge in [0.1, 0.15) is 24.5 Å². The van der Waals surface area contributed by atoms with Crippen LogP contribution in [-0.4, -0.2) is 41.5 Å². The quantitative estimate of drug-likeness (QED) is 0.543. The summed E-state index contributed by atoms with van der Waals surface area (Å²) < 4.78 is 23.4.